The van der Waals surface area contributed by atoms with Crippen molar-refractivity contribution in [3.05, 3.63) is 77.2 Å². The van der Waals surface area contributed by atoms with Crippen molar-refractivity contribution < 1.29 is 9.53 Å². The summed E-state index contributed by atoms with van der Waals surface area (Å²) < 4.78 is 6.66. The molecule has 34 heavy (non-hydrogen) atoms. The number of carbonyl (C=O) groups is 1. The topological polar surface area (TPSA) is 74.7 Å². The number of rotatable bonds is 5. The summed E-state index contributed by atoms with van der Waals surface area (Å²) in [5, 5.41) is 12.4. The molecule has 176 valence electrons. The van der Waals surface area contributed by atoms with Gasteiger partial charge in [0.1, 0.15) is 0 Å². The number of fused-ring (bicyclic) bond motifs is 3. The highest BCUT2D eigenvalue weighted by Crippen LogP contribution is 2.40. The second kappa shape index (κ2) is 8.87. The lowest BCUT2D eigenvalue weighted by atomic mass is 9.93. The number of aromatic nitrogens is 2. The van der Waals surface area contributed by atoms with Crippen LogP contribution in [0.3, 0.4) is 0 Å². The lowest BCUT2D eigenvalue weighted by molar-refractivity contribution is -0.139. The average Bonchev–Trinajstić information content (AvgIpc) is 3.34. The van der Waals surface area contributed by atoms with Crippen molar-refractivity contribution in [2.75, 3.05) is 26.0 Å². The van der Waals surface area contributed by atoms with E-state index in [1.807, 2.05) is 55.4 Å². The number of hydrazine groups is 2. The maximum absolute atomic E-state index is 11.8. The van der Waals surface area contributed by atoms with Gasteiger partial charge in [-0.25, -0.2) is 0 Å². The Hall–Kier alpha value is -3.78. The minimum Gasteiger partial charge on any atom is -0.469 e. The molecule has 0 radical (unpaired) electrons. The van der Waals surface area contributed by atoms with Gasteiger partial charge in [-0.15, -0.1) is 5.53 Å². The van der Waals surface area contributed by atoms with E-state index in [2.05, 4.69) is 51.1 Å². The lowest BCUT2D eigenvalue weighted by Gasteiger charge is -2.23. The number of carbonyl (C=O) groups excluding carboxylic acids is 1. The van der Waals surface area contributed by atoms with Crippen LogP contribution in [0.2, 0.25) is 0 Å². The van der Waals surface area contributed by atoms with Crippen LogP contribution in [0.25, 0.3) is 16.8 Å². The van der Waals surface area contributed by atoms with Crippen LogP contribution in [0.4, 0.5) is 5.69 Å². The van der Waals surface area contributed by atoms with Crippen molar-refractivity contribution in [3.8, 4) is 11.1 Å². The van der Waals surface area contributed by atoms with Crippen molar-refractivity contribution in [1.29, 1.82) is 0 Å². The van der Waals surface area contributed by atoms with Crippen molar-refractivity contribution in [1.82, 2.24) is 25.3 Å². The first-order valence-electron chi connectivity index (χ1n) is 11.5. The molecule has 1 unspecified atom stereocenters. The van der Waals surface area contributed by atoms with Gasteiger partial charge in [0.25, 0.3) is 0 Å². The molecule has 2 aromatic carbocycles. The van der Waals surface area contributed by atoms with Gasteiger partial charge in [0.05, 0.1) is 37.2 Å². The molecular formula is C26H30N6O2. The number of hydrogen-bond donors (Lipinski definition) is 2. The predicted octanol–water partition coefficient (Wildman–Crippen LogP) is 3.72. The first-order valence-corrected chi connectivity index (χ1v) is 11.5. The average molecular weight is 459 g/mol. The molecule has 8 heteroatoms. The first-order chi connectivity index (χ1) is 16.4. The molecule has 0 amide bonds. The molecule has 0 spiro atoms. The Labute approximate surface area is 199 Å². The number of ether oxygens (including phenoxy) is 1. The summed E-state index contributed by atoms with van der Waals surface area (Å²) in [4.78, 5) is 11.8. The Morgan fingerprint density at radius 1 is 1.21 bits per heavy atom. The maximum Gasteiger partial charge on any atom is 0.309 e. The monoisotopic (exact) mass is 458 g/mol. The lowest BCUT2D eigenvalue weighted by Crippen LogP contribution is -2.39. The van der Waals surface area contributed by atoms with E-state index < -0.39 is 0 Å². The molecule has 0 aliphatic carbocycles. The van der Waals surface area contributed by atoms with E-state index in [0.717, 1.165) is 35.3 Å². The Morgan fingerprint density at radius 3 is 2.82 bits per heavy atom. The standard InChI is InChI=1S/C26H30N6O2/c1-17-26-22-9-8-19(20-15-27-30(2)16-20)14-23(22)24(10-11-32(26)29-31(17)3)28-21-7-5-6-18(12-21)13-25(33)34-4/h5-9,12,14-16,24,28-29H,10-11,13H2,1-4H3. The van der Waals surface area contributed by atoms with Crippen molar-refractivity contribution in [3.63, 3.8) is 0 Å². The molecule has 3 heterocycles. The van der Waals surface area contributed by atoms with Gasteiger partial charge >= 0.3 is 5.97 Å². The zero-order valence-electron chi connectivity index (χ0n) is 20.0. The van der Waals surface area contributed by atoms with Crippen LogP contribution < -0.4 is 10.9 Å². The van der Waals surface area contributed by atoms with Gasteiger partial charge in [0, 0.05) is 43.7 Å². The zero-order chi connectivity index (χ0) is 23.8. The number of aryl methyl sites for hydroxylation is 1. The highest BCUT2D eigenvalue weighted by Gasteiger charge is 2.32. The molecule has 5 rings (SSSR count). The van der Waals surface area contributed by atoms with Crippen molar-refractivity contribution in [2.24, 2.45) is 7.05 Å². The third-order valence-corrected chi connectivity index (χ3v) is 6.59. The van der Waals surface area contributed by atoms with Crippen molar-refractivity contribution >= 4 is 17.4 Å². The smallest absolute Gasteiger partial charge is 0.309 e. The van der Waals surface area contributed by atoms with Gasteiger partial charge in [-0.1, -0.05) is 24.3 Å². The molecule has 0 saturated carbocycles. The van der Waals surface area contributed by atoms with Gasteiger partial charge in [-0.2, -0.15) is 5.10 Å². The fraction of sp³-hybridized carbons (Fsp3) is 0.308. The minimum absolute atomic E-state index is 0.0954. The van der Waals surface area contributed by atoms with E-state index in [1.54, 1.807) is 0 Å². The van der Waals surface area contributed by atoms with Gasteiger partial charge in [0.2, 0.25) is 0 Å². The molecule has 0 saturated heterocycles. The molecule has 0 bridgehead atoms. The highest BCUT2D eigenvalue weighted by molar-refractivity contribution is 5.76. The number of nitrogens with one attached hydrogen (secondary N) is 2. The third-order valence-electron chi connectivity index (χ3n) is 6.59. The Bertz CT molecular complexity index is 1260. The molecule has 2 aliphatic rings. The highest BCUT2D eigenvalue weighted by atomic mass is 16.5. The number of hydrogen-bond acceptors (Lipinski definition) is 7. The number of allylic oxidation sites excluding steroid dienone is 1. The van der Waals surface area contributed by atoms with Crippen LogP contribution in [-0.2, 0) is 23.0 Å². The Kier molecular flexibility index (Phi) is 5.75. The van der Waals surface area contributed by atoms with Crippen LogP contribution in [0.15, 0.2) is 60.6 Å². The maximum atomic E-state index is 11.8. The number of nitrogens with zero attached hydrogens (tertiary/aromatic N) is 4. The third kappa shape index (κ3) is 4.12. The molecule has 8 nitrogen and oxygen atoms in total. The fourth-order valence-electron chi connectivity index (χ4n) is 4.75. The van der Waals surface area contributed by atoms with Gasteiger partial charge in [0.15, 0.2) is 0 Å². The summed E-state index contributed by atoms with van der Waals surface area (Å²) in [5.74, 6) is -0.240. The predicted molar refractivity (Wildman–Crippen MR) is 132 cm³/mol. The SMILES string of the molecule is COC(=O)Cc1cccc(NC2CCN3NN(C)C(C)=C3c3ccc(-c4cnn(C)c4)cc32)c1. The Balaban J connectivity index is 1.55. The molecule has 0 fully saturated rings. The van der Waals surface area contributed by atoms with E-state index in [-0.39, 0.29) is 18.4 Å². The molecule has 2 aliphatic heterocycles. The number of anilines is 1. The van der Waals surface area contributed by atoms with Crippen molar-refractivity contribution in [2.45, 2.75) is 25.8 Å². The van der Waals surface area contributed by atoms with Crippen LogP contribution in [0, 0.1) is 0 Å². The number of esters is 1. The van der Waals surface area contributed by atoms with E-state index in [9.17, 15) is 4.79 Å². The molecule has 2 N–H and O–H groups in total. The van der Waals surface area contributed by atoms with E-state index in [4.69, 9.17) is 4.74 Å². The summed E-state index contributed by atoms with van der Waals surface area (Å²) in [6, 6.07) is 14.8. The molecular weight excluding hydrogens is 428 g/mol. The number of methoxy groups -OCH3 is 1. The second-order valence-corrected chi connectivity index (χ2v) is 8.89. The summed E-state index contributed by atoms with van der Waals surface area (Å²) in [7, 11) is 5.40. The van der Waals surface area contributed by atoms with Gasteiger partial charge in [-0.05, 0) is 48.2 Å². The van der Waals surface area contributed by atoms with Crippen LogP contribution >= 0.6 is 0 Å². The van der Waals surface area contributed by atoms with Gasteiger partial charge < -0.3 is 10.1 Å². The normalized spacial score (nSPS) is 17.4. The van der Waals surface area contributed by atoms with E-state index >= 15 is 0 Å². The van der Waals surface area contributed by atoms with E-state index in [1.165, 1.54) is 29.6 Å². The zero-order valence-corrected chi connectivity index (χ0v) is 20.0. The molecule has 3 aromatic rings. The second-order valence-electron chi connectivity index (χ2n) is 8.89. The summed E-state index contributed by atoms with van der Waals surface area (Å²) in [5.41, 5.74) is 12.5. The minimum atomic E-state index is -0.240. The van der Waals surface area contributed by atoms with E-state index in [0.29, 0.717) is 0 Å². The summed E-state index contributed by atoms with van der Waals surface area (Å²) >= 11 is 0. The van der Waals surface area contributed by atoms with Crippen LogP contribution in [-0.4, -0.2) is 46.5 Å². The Morgan fingerprint density at radius 2 is 2.06 bits per heavy atom. The molecule has 1 atom stereocenters. The quantitative estimate of drug-likeness (QED) is 0.565. The summed E-state index contributed by atoms with van der Waals surface area (Å²) in [6.45, 7) is 3.00. The number of benzene rings is 2. The summed E-state index contributed by atoms with van der Waals surface area (Å²) in [6.07, 6.45) is 5.11. The first kappa shape index (κ1) is 22.0. The van der Waals surface area contributed by atoms with Crippen LogP contribution in [0.1, 0.15) is 36.1 Å². The molecule has 1 aromatic heterocycles. The van der Waals surface area contributed by atoms with Gasteiger partial charge in [-0.3, -0.25) is 19.5 Å². The largest absolute Gasteiger partial charge is 0.469 e. The van der Waals surface area contributed by atoms with Crippen LogP contribution in [0.5, 0.6) is 0 Å². The fourth-order valence-corrected chi connectivity index (χ4v) is 4.75.